The van der Waals surface area contributed by atoms with Crippen LogP contribution in [0.1, 0.15) is 61.2 Å². The zero-order valence-electron chi connectivity index (χ0n) is 62.3. The van der Waals surface area contributed by atoms with Crippen LogP contribution < -0.4 is 0 Å². The van der Waals surface area contributed by atoms with Gasteiger partial charge < -0.3 is 76.2 Å². The minimum atomic E-state index is -1.67. The molecule has 0 spiro atoms. The second-order valence-corrected chi connectivity index (χ2v) is 28.1. The van der Waals surface area contributed by atoms with Gasteiger partial charge in [0.05, 0.1) is 85.9 Å². The number of hydrogen-bond acceptors (Lipinski definition) is 16. The molecular weight excluding hydrogens is 1400 g/mol. The van der Waals surface area contributed by atoms with E-state index in [-0.39, 0.29) is 85.9 Å². The van der Waals surface area contributed by atoms with E-state index in [4.69, 9.17) is 71.1 Å². The molecule has 2 heterocycles. The van der Waals surface area contributed by atoms with E-state index in [0.29, 0.717) is 0 Å². The molecule has 11 aromatic rings. The van der Waals surface area contributed by atoms with Crippen LogP contribution in [0.2, 0.25) is 0 Å². The highest BCUT2D eigenvalue weighted by Crippen LogP contribution is 2.41. The van der Waals surface area contributed by atoms with Crippen molar-refractivity contribution in [2.45, 2.75) is 171 Å². The van der Waals surface area contributed by atoms with E-state index in [1.54, 1.807) is 0 Å². The summed E-state index contributed by atoms with van der Waals surface area (Å²) in [5, 5.41) is 14.5. The molecular formula is C95H98O16. The number of aliphatic hydroxyl groups excluding tert-OH is 1. The van der Waals surface area contributed by atoms with E-state index in [2.05, 4.69) is 0 Å². The zero-order valence-corrected chi connectivity index (χ0v) is 62.3. The lowest BCUT2D eigenvalue weighted by atomic mass is 9.83. The van der Waals surface area contributed by atoms with Crippen LogP contribution >= 0.6 is 0 Å². The molecule has 0 bridgehead atoms. The maximum absolute atomic E-state index is 14.5. The van der Waals surface area contributed by atoms with Gasteiger partial charge in [-0.05, 0) is 61.2 Å². The SMILES string of the molecule is O[C@@H]1[C@@H](O[C@H]2O[C@H](COCc3ccccc3)[C@@H](OCc3ccccc3)[C@H](OCc3ccccc3)[C@@H]2OCc2ccccc2)[C@H](OCc2ccccc2)[C@@H](OCc2ccccc2)[C@H](OCc2ccccc2)[C@@H]1O[C@H]1O[C@H](COCc2ccccc2)[C@@H](OCc2ccccc2)[C@H](OCc2ccccc2)[C@@H]1OCc1ccccc1. The Morgan fingerprint density at radius 3 is 0.559 bits per heavy atom. The van der Waals surface area contributed by atoms with Crippen molar-refractivity contribution >= 4 is 0 Å². The third-order valence-corrected chi connectivity index (χ3v) is 20.1. The standard InChI is InChI=1S/C95H98O16/c96-82-85(110-94-92(106-65-78-52-30-10-31-53-78)87(101-60-73-42-20-5-21-43-73)83(99-58-71-38-16-3-17-39-71)80(108-94)67-97-56-69-34-12-1-13-35-69)89(103-62-75-46-24-7-25-47-75)91(105-64-77-50-28-9-29-51-77)90(104-63-76-48-26-8-27-49-76)86(82)111-95-93(107-66-79-54-32-11-33-55-79)88(102-61-74-44-22-6-23-45-74)84(100-59-72-40-18-4-19-41-72)81(109-95)68-98-57-70-36-14-2-15-37-70/h1-55,80-96H,56-68H2/t80-,81-,82-,83-,84-,85-,86-,87+,88+,89+,90-,91-,92+,93+,94-,95-/m1/s1. The van der Waals surface area contributed by atoms with E-state index < -0.39 is 98.0 Å². The summed E-state index contributed by atoms with van der Waals surface area (Å²) in [4.78, 5) is 0. The fourth-order valence-corrected chi connectivity index (χ4v) is 14.3. The Bertz CT molecular complexity index is 4090. The predicted octanol–water partition coefficient (Wildman–Crippen LogP) is 16.3. The molecule has 1 aliphatic carbocycles. The molecule has 16 atom stereocenters. The average Bonchev–Trinajstić information content (AvgIpc) is 0.750. The lowest BCUT2D eigenvalue weighted by molar-refractivity contribution is -0.381. The molecule has 1 N–H and O–H groups in total. The summed E-state index contributed by atoms with van der Waals surface area (Å²) in [5.41, 5.74) is 10.00. The second-order valence-electron chi connectivity index (χ2n) is 28.1. The number of aliphatic hydroxyl groups is 1. The van der Waals surface area contributed by atoms with Gasteiger partial charge in [-0.2, -0.15) is 0 Å². The van der Waals surface area contributed by atoms with Crippen LogP contribution in [0.25, 0.3) is 0 Å². The molecule has 3 fully saturated rings. The van der Waals surface area contributed by atoms with Crippen LogP contribution in [-0.4, -0.2) is 116 Å². The van der Waals surface area contributed by atoms with Gasteiger partial charge in [0.1, 0.15) is 85.5 Å². The van der Waals surface area contributed by atoms with E-state index in [0.717, 1.165) is 61.2 Å². The van der Waals surface area contributed by atoms with Crippen LogP contribution in [0.3, 0.4) is 0 Å². The first-order valence-electron chi connectivity index (χ1n) is 38.4. The summed E-state index contributed by atoms with van der Waals surface area (Å²) < 4.78 is 110. The van der Waals surface area contributed by atoms with Crippen molar-refractivity contribution < 1.29 is 76.2 Å². The summed E-state index contributed by atoms with van der Waals surface area (Å²) in [6, 6.07) is 110. The molecule has 0 amide bonds. The van der Waals surface area contributed by atoms with Crippen molar-refractivity contribution in [2.24, 2.45) is 0 Å². The Kier molecular flexibility index (Phi) is 29.6. The second kappa shape index (κ2) is 41.9. The van der Waals surface area contributed by atoms with Crippen LogP contribution in [0.5, 0.6) is 0 Å². The molecule has 0 unspecified atom stereocenters. The maximum Gasteiger partial charge on any atom is 0.187 e. The van der Waals surface area contributed by atoms with E-state index >= 15 is 0 Å². The summed E-state index contributed by atoms with van der Waals surface area (Å²) in [6.45, 7) is 1.71. The van der Waals surface area contributed by atoms with Gasteiger partial charge in [-0.1, -0.05) is 334 Å². The molecule has 2 saturated heterocycles. The van der Waals surface area contributed by atoms with Crippen LogP contribution in [-0.2, 0) is 144 Å². The third-order valence-electron chi connectivity index (χ3n) is 20.1. The number of rotatable bonds is 39. The summed E-state index contributed by atoms with van der Waals surface area (Å²) in [6.07, 6.45) is -18.1. The largest absolute Gasteiger partial charge is 0.387 e. The fourth-order valence-electron chi connectivity index (χ4n) is 14.3. The predicted molar refractivity (Wildman–Crippen MR) is 420 cm³/mol. The zero-order chi connectivity index (χ0) is 75.3. The highest BCUT2D eigenvalue weighted by atomic mass is 16.8. The van der Waals surface area contributed by atoms with E-state index in [9.17, 15) is 5.11 Å². The van der Waals surface area contributed by atoms with E-state index in [1.807, 2.05) is 334 Å². The normalized spacial score (nSPS) is 24.6. The van der Waals surface area contributed by atoms with Gasteiger partial charge in [-0.15, -0.1) is 0 Å². The van der Waals surface area contributed by atoms with Crippen molar-refractivity contribution in [1.82, 2.24) is 0 Å². The van der Waals surface area contributed by atoms with Gasteiger partial charge in [0, 0.05) is 0 Å². The first-order chi connectivity index (χ1) is 55.0. The quantitative estimate of drug-likeness (QED) is 0.0387. The molecule has 3 aliphatic rings. The molecule has 0 radical (unpaired) electrons. The van der Waals surface area contributed by atoms with Gasteiger partial charge in [-0.3, -0.25) is 0 Å². The molecule has 11 aromatic carbocycles. The minimum absolute atomic E-state index is 0.0269. The van der Waals surface area contributed by atoms with Crippen LogP contribution in [0.4, 0.5) is 0 Å². The van der Waals surface area contributed by atoms with Gasteiger partial charge in [0.15, 0.2) is 12.6 Å². The number of ether oxygens (including phenoxy) is 15. The Morgan fingerprint density at radius 1 is 0.189 bits per heavy atom. The Labute approximate surface area is 651 Å². The van der Waals surface area contributed by atoms with Gasteiger partial charge in [-0.25, -0.2) is 0 Å². The average molecular weight is 1500 g/mol. The van der Waals surface area contributed by atoms with Crippen molar-refractivity contribution in [3.63, 3.8) is 0 Å². The molecule has 111 heavy (non-hydrogen) atoms. The topological polar surface area (TPSA) is 159 Å². The van der Waals surface area contributed by atoms with Gasteiger partial charge >= 0.3 is 0 Å². The fraction of sp³-hybridized carbons (Fsp3) is 0.305. The van der Waals surface area contributed by atoms with Crippen molar-refractivity contribution in [3.8, 4) is 0 Å². The number of hydrogen-bond donors (Lipinski definition) is 1. The summed E-state index contributed by atoms with van der Waals surface area (Å²) >= 11 is 0. The third kappa shape index (κ3) is 22.8. The van der Waals surface area contributed by atoms with Crippen LogP contribution in [0.15, 0.2) is 334 Å². The van der Waals surface area contributed by atoms with Crippen molar-refractivity contribution in [3.05, 3.63) is 395 Å². The first kappa shape index (κ1) is 78.5. The van der Waals surface area contributed by atoms with Gasteiger partial charge in [0.25, 0.3) is 0 Å². The molecule has 16 heteroatoms. The first-order valence-corrected chi connectivity index (χ1v) is 38.4. The summed E-state index contributed by atoms with van der Waals surface area (Å²) in [5.74, 6) is 0. The maximum atomic E-state index is 14.5. The van der Waals surface area contributed by atoms with E-state index in [1.165, 1.54) is 0 Å². The highest BCUT2D eigenvalue weighted by molar-refractivity contribution is 5.23. The lowest BCUT2D eigenvalue weighted by Gasteiger charge is -2.53. The molecule has 574 valence electrons. The Hall–Kier alpha value is -9.22. The van der Waals surface area contributed by atoms with Crippen molar-refractivity contribution in [2.75, 3.05) is 13.2 Å². The Morgan fingerprint density at radius 2 is 0.351 bits per heavy atom. The lowest BCUT2D eigenvalue weighted by Crippen LogP contribution is -2.70. The summed E-state index contributed by atoms with van der Waals surface area (Å²) in [7, 11) is 0. The van der Waals surface area contributed by atoms with Crippen molar-refractivity contribution in [1.29, 1.82) is 0 Å². The monoisotopic (exact) mass is 1490 g/mol. The molecule has 14 rings (SSSR count). The Balaban J connectivity index is 0.913. The molecule has 2 aliphatic heterocycles. The van der Waals surface area contributed by atoms with Gasteiger partial charge in [0.2, 0.25) is 0 Å². The number of benzene rings is 11. The molecule has 1 saturated carbocycles. The molecule has 0 aromatic heterocycles. The molecule has 16 nitrogen and oxygen atoms in total. The minimum Gasteiger partial charge on any atom is -0.387 e. The van der Waals surface area contributed by atoms with Crippen LogP contribution in [0, 0.1) is 0 Å². The highest BCUT2D eigenvalue weighted by Gasteiger charge is 2.60. The smallest absolute Gasteiger partial charge is 0.187 e.